The third-order valence-electron chi connectivity index (χ3n) is 9.09. The highest BCUT2D eigenvalue weighted by Crippen LogP contribution is 2.68. The molecule has 0 aromatic heterocycles. The minimum absolute atomic E-state index is 0.0179. The van der Waals surface area contributed by atoms with Crippen molar-refractivity contribution in [2.75, 3.05) is 6.61 Å². The summed E-state index contributed by atoms with van der Waals surface area (Å²) < 4.78 is 16.8. The van der Waals surface area contributed by atoms with E-state index in [1.807, 2.05) is 13.0 Å². The van der Waals surface area contributed by atoms with Crippen molar-refractivity contribution >= 4 is 29.5 Å². The van der Waals surface area contributed by atoms with E-state index in [1.54, 1.807) is 12.2 Å². The molecule has 0 spiro atoms. The number of fused-ring (bicyclic) bond motifs is 5. The predicted molar refractivity (Wildman–Crippen MR) is 124 cm³/mol. The van der Waals surface area contributed by atoms with Gasteiger partial charge < -0.3 is 14.2 Å². The molecule has 7 atom stereocenters. The topological polar surface area (TPSA) is 113 Å². The molecule has 8 heteroatoms. The standard InChI is InChI=1S/C27H34O8/c1-15(28)33-14-23(32)27(35-17(3)30)11-9-21-20-7-6-18-12-19(31)8-10-25(18,4)24(20)22(34-16(2)29)13-26(21,27)5/h8,10,12,20-22,24H,6-7,9,11,13-14H2,1-5H3. The average Bonchev–Trinajstić information content (AvgIpc) is 3.04. The maximum absolute atomic E-state index is 13.6. The monoisotopic (exact) mass is 486 g/mol. The minimum Gasteiger partial charge on any atom is -0.462 e. The van der Waals surface area contributed by atoms with E-state index in [4.69, 9.17) is 14.2 Å². The lowest BCUT2D eigenvalue weighted by molar-refractivity contribution is -0.205. The molecule has 190 valence electrons. The molecule has 3 saturated carbocycles. The Balaban J connectivity index is 1.80. The van der Waals surface area contributed by atoms with E-state index in [-0.39, 0.29) is 23.5 Å². The Bertz CT molecular complexity index is 1040. The summed E-state index contributed by atoms with van der Waals surface area (Å²) in [5, 5.41) is 0. The van der Waals surface area contributed by atoms with E-state index >= 15 is 0 Å². The van der Waals surface area contributed by atoms with Crippen LogP contribution in [-0.2, 0) is 38.2 Å². The molecule has 8 nitrogen and oxygen atoms in total. The van der Waals surface area contributed by atoms with Crippen LogP contribution in [0.4, 0.5) is 0 Å². The third kappa shape index (κ3) is 3.95. The van der Waals surface area contributed by atoms with Gasteiger partial charge in [0.05, 0.1) is 0 Å². The van der Waals surface area contributed by atoms with E-state index in [2.05, 4.69) is 6.92 Å². The van der Waals surface area contributed by atoms with Gasteiger partial charge in [0.15, 0.2) is 18.0 Å². The normalized spacial score (nSPS) is 39.5. The Labute approximate surface area is 205 Å². The Hall–Kier alpha value is -2.77. The average molecular weight is 487 g/mol. The van der Waals surface area contributed by atoms with Gasteiger partial charge in [-0.25, -0.2) is 0 Å². The largest absolute Gasteiger partial charge is 0.462 e. The molecule has 0 aromatic rings. The van der Waals surface area contributed by atoms with Crippen LogP contribution >= 0.6 is 0 Å². The van der Waals surface area contributed by atoms with Gasteiger partial charge in [0.25, 0.3) is 0 Å². The van der Waals surface area contributed by atoms with Crippen molar-refractivity contribution in [2.45, 2.75) is 78.4 Å². The molecule has 0 aromatic carbocycles. The second-order valence-corrected chi connectivity index (χ2v) is 11.0. The number of carbonyl (C=O) groups is 5. The van der Waals surface area contributed by atoms with Gasteiger partial charge in [-0.2, -0.15) is 0 Å². The van der Waals surface area contributed by atoms with Gasteiger partial charge in [-0.05, 0) is 56.1 Å². The van der Waals surface area contributed by atoms with Gasteiger partial charge in [-0.15, -0.1) is 0 Å². The molecule has 35 heavy (non-hydrogen) atoms. The quantitative estimate of drug-likeness (QED) is 0.430. The summed E-state index contributed by atoms with van der Waals surface area (Å²) in [6, 6.07) is 0. The summed E-state index contributed by atoms with van der Waals surface area (Å²) in [5.41, 5.74) is -1.70. The minimum atomic E-state index is -1.47. The van der Waals surface area contributed by atoms with Gasteiger partial charge in [0.1, 0.15) is 6.10 Å². The van der Waals surface area contributed by atoms with E-state index < -0.39 is 52.8 Å². The second kappa shape index (κ2) is 8.71. The van der Waals surface area contributed by atoms with Crippen LogP contribution in [0.15, 0.2) is 23.8 Å². The van der Waals surface area contributed by atoms with E-state index in [0.717, 1.165) is 18.4 Å². The fourth-order valence-electron chi connectivity index (χ4n) is 7.81. The Morgan fingerprint density at radius 2 is 1.74 bits per heavy atom. The third-order valence-corrected chi connectivity index (χ3v) is 9.09. The summed E-state index contributed by atoms with van der Waals surface area (Å²) >= 11 is 0. The summed E-state index contributed by atoms with van der Waals surface area (Å²) in [6.07, 6.45) is 7.50. The zero-order valence-electron chi connectivity index (χ0n) is 21.1. The molecule has 4 rings (SSSR count). The fourth-order valence-corrected chi connectivity index (χ4v) is 7.81. The van der Waals surface area contributed by atoms with Crippen LogP contribution in [0.25, 0.3) is 0 Å². The number of Topliss-reactive ketones (excluding diaryl/α,β-unsaturated/α-hetero) is 1. The number of esters is 3. The highest BCUT2D eigenvalue weighted by molar-refractivity contribution is 6.01. The molecule has 4 aliphatic rings. The Morgan fingerprint density at radius 1 is 1.03 bits per heavy atom. The summed E-state index contributed by atoms with van der Waals surface area (Å²) in [4.78, 5) is 61.6. The maximum Gasteiger partial charge on any atom is 0.303 e. The first-order chi connectivity index (χ1) is 16.3. The molecular formula is C27H34O8. The summed E-state index contributed by atoms with van der Waals surface area (Å²) in [7, 11) is 0. The van der Waals surface area contributed by atoms with Crippen LogP contribution in [0.3, 0.4) is 0 Å². The van der Waals surface area contributed by atoms with Crippen molar-refractivity contribution < 1.29 is 38.2 Å². The van der Waals surface area contributed by atoms with Gasteiger partial charge in [0.2, 0.25) is 5.78 Å². The molecule has 0 heterocycles. The van der Waals surface area contributed by atoms with Crippen molar-refractivity contribution in [2.24, 2.45) is 28.6 Å². The first-order valence-electron chi connectivity index (χ1n) is 12.3. The number of allylic oxidation sites excluding steroid dienone is 4. The zero-order valence-corrected chi connectivity index (χ0v) is 21.1. The second-order valence-electron chi connectivity index (χ2n) is 11.0. The highest BCUT2D eigenvalue weighted by atomic mass is 16.6. The summed E-state index contributed by atoms with van der Waals surface area (Å²) in [5.74, 6) is -2.05. The molecule has 0 saturated heterocycles. The van der Waals surface area contributed by atoms with Crippen molar-refractivity contribution in [3.63, 3.8) is 0 Å². The first-order valence-corrected chi connectivity index (χ1v) is 12.3. The molecule has 3 fully saturated rings. The molecule has 0 radical (unpaired) electrons. The highest BCUT2D eigenvalue weighted by Gasteiger charge is 2.71. The van der Waals surface area contributed by atoms with Crippen molar-refractivity contribution in [3.8, 4) is 0 Å². The van der Waals surface area contributed by atoms with Gasteiger partial charge in [-0.3, -0.25) is 24.0 Å². The van der Waals surface area contributed by atoms with E-state index in [0.29, 0.717) is 19.3 Å². The number of ether oxygens (including phenoxy) is 3. The van der Waals surface area contributed by atoms with Crippen LogP contribution < -0.4 is 0 Å². The molecular weight excluding hydrogens is 452 g/mol. The van der Waals surface area contributed by atoms with Crippen molar-refractivity contribution in [1.29, 1.82) is 0 Å². The first kappa shape index (κ1) is 25.3. The van der Waals surface area contributed by atoms with Crippen LogP contribution in [0, 0.1) is 28.6 Å². The lowest BCUT2D eigenvalue weighted by Crippen LogP contribution is -2.63. The lowest BCUT2D eigenvalue weighted by atomic mass is 9.46. The fraction of sp³-hybridized carbons (Fsp3) is 0.667. The molecule has 4 aliphatic carbocycles. The van der Waals surface area contributed by atoms with Crippen LogP contribution in [-0.4, -0.2) is 47.8 Å². The van der Waals surface area contributed by atoms with Crippen LogP contribution in [0.5, 0.6) is 0 Å². The van der Waals surface area contributed by atoms with Gasteiger partial charge >= 0.3 is 17.9 Å². The molecule has 0 bridgehead atoms. The van der Waals surface area contributed by atoms with Crippen LogP contribution in [0.2, 0.25) is 0 Å². The number of carbonyl (C=O) groups excluding carboxylic acids is 5. The smallest absolute Gasteiger partial charge is 0.303 e. The summed E-state index contributed by atoms with van der Waals surface area (Å²) in [6.45, 7) is 7.42. The predicted octanol–water partition coefficient (Wildman–Crippen LogP) is 3.27. The number of ketones is 2. The van der Waals surface area contributed by atoms with Crippen molar-refractivity contribution in [3.05, 3.63) is 23.8 Å². The van der Waals surface area contributed by atoms with E-state index in [9.17, 15) is 24.0 Å². The molecule has 7 unspecified atom stereocenters. The molecule has 0 N–H and O–H groups in total. The lowest BCUT2D eigenvalue weighted by Gasteiger charge is -2.60. The number of hydrogen-bond donors (Lipinski definition) is 0. The SMILES string of the molecule is CC(=O)OCC(=O)C1(OC(C)=O)CCC2C3CCC4=CC(=O)C=CC4(C)C3C(OC(C)=O)CC21C. The van der Waals surface area contributed by atoms with Gasteiger partial charge in [0, 0.05) is 37.5 Å². The van der Waals surface area contributed by atoms with Crippen molar-refractivity contribution in [1.82, 2.24) is 0 Å². The maximum atomic E-state index is 13.6. The zero-order chi connectivity index (χ0) is 25.8. The van der Waals surface area contributed by atoms with Gasteiger partial charge in [-0.1, -0.05) is 25.5 Å². The van der Waals surface area contributed by atoms with E-state index in [1.165, 1.54) is 20.8 Å². The Morgan fingerprint density at radius 3 is 2.37 bits per heavy atom. The molecule has 0 amide bonds. The number of hydrogen-bond acceptors (Lipinski definition) is 8. The number of rotatable bonds is 5. The Kier molecular flexibility index (Phi) is 6.31. The molecule has 0 aliphatic heterocycles. The van der Waals surface area contributed by atoms with Crippen LogP contribution in [0.1, 0.15) is 66.7 Å².